The Labute approximate surface area is 98.9 Å². The van der Waals surface area contributed by atoms with Crippen molar-refractivity contribution < 1.29 is 14.6 Å². The summed E-state index contributed by atoms with van der Waals surface area (Å²) in [6.45, 7) is 4.92. The molecule has 0 saturated carbocycles. The van der Waals surface area contributed by atoms with E-state index in [4.69, 9.17) is 9.84 Å². The van der Waals surface area contributed by atoms with Gasteiger partial charge in [0, 0.05) is 18.7 Å². The second kappa shape index (κ2) is 5.09. The number of hydrogen-bond acceptors (Lipinski definition) is 5. The molecule has 1 heterocycles. The molecule has 0 radical (unpaired) electrons. The van der Waals surface area contributed by atoms with Crippen molar-refractivity contribution in [2.24, 2.45) is 0 Å². The van der Waals surface area contributed by atoms with Gasteiger partial charge < -0.3 is 9.84 Å². The maximum Gasteiger partial charge on any atom is 0.422 e. The number of carbonyl (C=O) groups is 1. The first-order valence-electron chi connectivity index (χ1n) is 5.26. The molecule has 6 nitrogen and oxygen atoms in total. The van der Waals surface area contributed by atoms with Crippen LogP contribution in [-0.2, 0) is 11.2 Å². The van der Waals surface area contributed by atoms with E-state index in [2.05, 4.69) is 4.98 Å². The molecule has 0 atom stereocenters. The van der Waals surface area contributed by atoms with Gasteiger partial charge in [-0.1, -0.05) is 0 Å². The molecule has 0 saturated heterocycles. The number of aliphatic hydroxyl groups is 1. The average molecular weight is 240 g/mol. The van der Waals surface area contributed by atoms with Gasteiger partial charge in [-0.3, -0.25) is 4.79 Å². The number of hydrogen-bond donors (Lipinski definition) is 1. The highest BCUT2D eigenvalue weighted by Crippen LogP contribution is 2.08. The van der Waals surface area contributed by atoms with Crippen molar-refractivity contribution in [1.29, 1.82) is 0 Å². The van der Waals surface area contributed by atoms with E-state index in [1.807, 2.05) is 0 Å². The highest BCUT2D eigenvalue weighted by Gasteiger charge is 2.21. The maximum absolute atomic E-state index is 11.8. The predicted molar refractivity (Wildman–Crippen MR) is 60.9 cm³/mol. The number of aromatic nitrogens is 2. The number of aliphatic hydroxyl groups excluding tert-OH is 1. The molecule has 6 heteroatoms. The van der Waals surface area contributed by atoms with Gasteiger partial charge in [-0.25, -0.2) is 9.78 Å². The molecule has 94 valence electrons. The molecule has 1 aromatic heterocycles. The monoisotopic (exact) mass is 240 g/mol. The lowest BCUT2D eigenvalue weighted by atomic mass is 10.2. The van der Waals surface area contributed by atoms with Crippen LogP contribution in [0.1, 0.15) is 26.6 Å². The number of rotatable bonds is 2. The van der Waals surface area contributed by atoms with E-state index in [-0.39, 0.29) is 18.9 Å². The Kier molecular flexibility index (Phi) is 4.01. The first-order chi connectivity index (χ1) is 7.85. The van der Waals surface area contributed by atoms with E-state index in [9.17, 15) is 9.59 Å². The second-order valence-electron chi connectivity index (χ2n) is 4.49. The summed E-state index contributed by atoms with van der Waals surface area (Å²) in [6, 6.07) is 1.17. The van der Waals surface area contributed by atoms with Crippen molar-refractivity contribution in [2.75, 3.05) is 6.61 Å². The zero-order chi connectivity index (χ0) is 13.1. The minimum Gasteiger partial charge on any atom is -0.443 e. The zero-order valence-corrected chi connectivity index (χ0v) is 10.1. The van der Waals surface area contributed by atoms with Crippen LogP contribution in [0.25, 0.3) is 0 Å². The van der Waals surface area contributed by atoms with E-state index in [0.717, 1.165) is 4.57 Å². The fourth-order valence-corrected chi connectivity index (χ4v) is 1.23. The molecule has 1 N–H and O–H groups in total. The van der Waals surface area contributed by atoms with Crippen molar-refractivity contribution in [3.05, 3.63) is 28.4 Å². The van der Waals surface area contributed by atoms with Crippen LogP contribution >= 0.6 is 0 Å². The van der Waals surface area contributed by atoms with Crippen LogP contribution in [0, 0.1) is 0 Å². The topological polar surface area (TPSA) is 81.4 Å². The summed E-state index contributed by atoms with van der Waals surface area (Å²) in [5.74, 6) is 0.189. The normalized spacial score (nSPS) is 11.3. The Hall–Kier alpha value is -1.69. The molecule has 17 heavy (non-hydrogen) atoms. The lowest BCUT2D eigenvalue weighted by molar-refractivity contribution is 0.0522. The van der Waals surface area contributed by atoms with Crippen molar-refractivity contribution in [2.45, 2.75) is 32.8 Å². The van der Waals surface area contributed by atoms with Gasteiger partial charge in [0.25, 0.3) is 5.56 Å². The molecule has 0 aliphatic carbocycles. The molecule has 0 aliphatic heterocycles. The smallest absolute Gasteiger partial charge is 0.422 e. The van der Waals surface area contributed by atoms with Gasteiger partial charge >= 0.3 is 6.09 Å². The van der Waals surface area contributed by atoms with Crippen LogP contribution in [-0.4, -0.2) is 33.0 Å². The minimum absolute atomic E-state index is 0.120. The van der Waals surface area contributed by atoms with E-state index in [1.54, 1.807) is 20.8 Å². The van der Waals surface area contributed by atoms with Crippen molar-refractivity contribution >= 4 is 6.09 Å². The molecule has 1 rings (SSSR count). The lowest BCUT2D eigenvalue weighted by Gasteiger charge is -2.20. The molecule has 0 unspecified atom stereocenters. The highest BCUT2D eigenvalue weighted by atomic mass is 16.6. The van der Waals surface area contributed by atoms with Crippen LogP contribution < -0.4 is 5.56 Å². The standard InChI is InChI=1S/C11H16N2O4/c1-11(2,3)17-10(16)13-8(5-7-14)12-6-4-9(13)15/h4,6,14H,5,7H2,1-3H3. The zero-order valence-electron chi connectivity index (χ0n) is 10.1. The van der Waals surface area contributed by atoms with E-state index in [1.165, 1.54) is 12.3 Å². The Morgan fingerprint density at radius 2 is 2.18 bits per heavy atom. The summed E-state index contributed by atoms with van der Waals surface area (Å²) in [4.78, 5) is 27.3. The summed E-state index contributed by atoms with van der Waals surface area (Å²) in [5, 5.41) is 8.84. The van der Waals surface area contributed by atoms with Gasteiger partial charge in [0.1, 0.15) is 11.4 Å². The Balaban J connectivity index is 3.11. The fraction of sp³-hybridized carbons (Fsp3) is 0.545. The second-order valence-corrected chi connectivity index (χ2v) is 4.49. The molecule has 0 amide bonds. The van der Waals surface area contributed by atoms with Crippen molar-refractivity contribution in [1.82, 2.24) is 9.55 Å². The van der Waals surface area contributed by atoms with Crippen molar-refractivity contribution in [3.63, 3.8) is 0 Å². The van der Waals surface area contributed by atoms with Gasteiger partial charge in [0.2, 0.25) is 0 Å². The SMILES string of the molecule is CC(C)(C)OC(=O)n1c(CCO)nccc1=O. The highest BCUT2D eigenvalue weighted by molar-refractivity contribution is 5.71. The molecule has 1 aromatic rings. The third-order valence-corrected chi connectivity index (χ3v) is 1.83. The number of carbonyl (C=O) groups excluding carboxylic acids is 1. The third-order valence-electron chi connectivity index (χ3n) is 1.83. The molecule has 0 fully saturated rings. The molecule has 0 aliphatic rings. The van der Waals surface area contributed by atoms with E-state index < -0.39 is 17.3 Å². The lowest BCUT2D eigenvalue weighted by Crippen LogP contribution is -2.36. The molecular weight excluding hydrogens is 224 g/mol. The van der Waals surface area contributed by atoms with Crippen LogP contribution in [0.15, 0.2) is 17.1 Å². The summed E-state index contributed by atoms with van der Waals surface area (Å²) in [6.07, 6.45) is 0.641. The Morgan fingerprint density at radius 3 is 2.71 bits per heavy atom. The van der Waals surface area contributed by atoms with Gasteiger partial charge in [0.15, 0.2) is 0 Å². The molecular formula is C11H16N2O4. The summed E-state index contributed by atoms with van der Waals surface area (Å²) in [5.41, 5.74) is -1.21. The average Bonchev–Trinajstić information content (AvgIpc) is 2.15. The summed E-state index contributed by atoms with van der Waals surface area (Å²) in [7, 11) is 0. The Morgan fingerprint density at radius 1 is 1.53 bits per heavy atom. The van der Waals surface area contributed by atoms with Gasteiger partial charge in [-0.15, -0.1) is 0 Å². The molecule has 0 spiro atoms. The van der Waals surface area contributed by atoms with Crippen molar-refractivity contribution in [3.8, 4) is 0 Å². The Bertz CT molecular complexity index is 459. The fourth-order valence-electron chi connectivity index (χ4n) is 1.23. The quantitative estimate of drug-likeness (QED) is 0.816. The molecule has 0 bridgehead atoms. The largest absolute Gasteiger partial charge is 0.443 e. The van der Waals surface area contributed by atoms with Crippen LogP contribution in [0.2, 0.25) is 0 Å². The van der Waals surface area contributed by atoms with Crippen LogP contribution in [0.5, 0.6) is 0 Å². The third kappa shape index (κ3) is 3.67. The van der Waals surface area contributed by atoms with Gasteiger partial charge in [-0.05, 0) is 20.8 Å². The molecule has 0 aromatic carbocycles. The first-order valence-corrected chi connectivity index (χ1v) is 5.26. The minimum atomic E-state index is -0.779. The van der Waals surface area contributed by atoms with Crippen LogP contribution in [0.4, 0.5) is 4.79 Å². The summed E-state index contributed by atoms with van der Waals surface area (Å²) < 4.78 is 5.93. The maximum atomic E-state index is 11.8. The van der Waals surface area contributed by atoms with Gasteiger partial charge in [0.05, 0.1) is 6.61 Å². The van der Waals surface area contributed by atoms with Gasteiger partial charge in [-0.2, -0.15) is 4.57 Å². The number of nitrogens with zero attached hydrogens (tertiary/aromatic N) is 2. The first kappa shape index (κ1) is 13.4. The summed E-state index contributed by atoms with van der Waals surface area (Å²) >= 11 is 0. The number of ether oxygens (including phenoxy) is 1. The van der Waals surface area contributed by atoms with E-state index >= 15 is 0 Å². The predicted octanol–water partition coefficient (Wildman–Crippen LogP) is 0.561. The van der Waals surface area contributed by atoms with Crippen LogP contribution in [0.3, 0.4) is 0 Å². The van der Waals surface area contributed by atoms with E-state index in [0.29, 0.717) is 0 Å².